The van der Waals surface area contributed by atoms with Crippen molar-refractivity contribution in [3.8, 4) is 0 Å². The van der Waals surface area contributed by atoms with Gasteiger partial charge in [0.2, 0.25) is 0 Å². The summed E-state index contributed by atoms with van der Waals surface area (Å²) in [4.78, 5) is 30.5. The molecule has 3 heterocycles. The van der Waals surface area contributed by atoms with Gasteiger partial charge in [-0.1, -0.05) is 20.8 Å². The Morgan fingerprint density at radius 2 is 1.91 bits per heavy atom. The molecule has 1 aromatic heterocycles. The molecule has 1 aromatic rings. The lowest BCUT2D eigenvalue weighted by Crippen LogP contribution is -2.47. The highest BCUT2D eigenvalue weighted by atomic mass is 32.1. The highest BCUT2D eigenvalue weighted by Gasteiger charge is 2.53. The molecule has 2 saturated heterocycles. The van der Waals surface area contributed by atoms with Gasteiger partial charge in [-0.15, -0.1) is 11.3 Å². The van der Waals surface area contributed by atoms with Crippen molar-refractivity contribution in [2.75, 3.05) is 6.61 Å². The van der Waals surface area contributed by atoms with Crippen LogP contribution < -0.4 is 0 Å². The number of cyclic esters (lactones) is 1. The zero-order chi connectivity index (χ0) is 26.1. The number of aliphatic hydroxyl groups excluding tert-OH is 2. The second-order valence-corrected chi connectivity index (χ2v) is 11.8. The average Bonchev–Trinajstić information content (AvgIpc) is 3.22. The fraction of sp³-hybridized carbons (Fsp3) is 0.731. The van der Waals surface area contributed by atoms with Crippen LogP contribution in [0.25, 0.3) is 6.08 Å². The summed E-state index contributed by atoms with van der Waals surface area (Å²) in [6.07, 6.45) is -0.931. The van der Waals surface area contributed by atoms with E-state index in [1.807, 2.05) is 32.2 Å². The number of carbonyl (C=O) groups excluding carboxylic acids is 2. The molecule has 196 valence electrons. The van der Waals surface area contributed by atoms with Crippen LogP contribution in [0.4, 0.5) is 0 Å². The Morgan fingerprint density at radius 1 is 1.23 bits per heavy atom. The molecule has 7 atom stereocenters. The fourth-order valence-corrected chi connectivity index (χ4v) is 5.15. The SMILES string of the molecule is C/C(=C\c1csc(C)n1)[C@@H]1C[C@@H]2O[C@]2(C)CCO[C@H](C)[C@@H](O)[C@@H](C)C(=O)C(C)(C)[C@@H](O)CC(=O)O1. The maximum absolute atomic E-state index is 13.2. The summed E-state index contributed by atoms with van der Waals surface area (Å²) < 4.78 is 17.7. The minimum absolute atomic E-state index is 0.126. The lowest BCUT2D eigenvalue weighted by molar-refractivity contribution is -0.155. The lowest BCUT2D eigenvalue weighted by Gasteiger charge is -2.34. The number of hydrogen-bond donors (Lipinski definition) is 2. The summed E-state index contributed by atoms with van der Waals surface area (Å²) in [5, 5.41) is 24.4. The molecule has 35 heavy (non-hydrogen) atoms. The van der Waals surface area contributed by atoms with Crippen LogP contribution in [0.15, 0.2) is 11.0 Å². The molecule has 0 aliphatic carbocycles. The molecule has 8 nitrogen and oxygen atoms in total. The second-order valence-electron chi connectivity index (χ2n) is 10.7. The molecule has 0 spiro atoms. The van der Waals surface area contributed by atoms with E-state index in [1.165, 1.54) is 0 Å². The van der Waals surface area contributed by atoms with Gasteiger partial charge in [0.05, 0.1) is 52.6 Å². The zero-order valence-electron chi connectivity index (χ0n) is 21.7. The number of nitrogens with zero attached hydrogens (tertiary/aromatic N) is 1. The first-order valence-corrected chi connectivity index (χ1v) is 13.1. The van der Waals surface area contributed by atoms with E-state index in [4.69, 9.17) is 14.2 Å². The molecule has 0 radical (unpaired) electrons. The van der Waals surface area contributed by atoms with Crippen molar-refractivity contribution in [3.05, 3.63) is 21.7 Å². The van der Waals surface area contributed by atoms with Crippen LogP contribution in [0.1, 0.15) is 71.5 Å². The fourth-order valence-electron chi connectivity index (χ4n) is 4.58. The van der Waals surface area contributed by atoms with Gasteiger partial charge in [0.25, 0.3) is 0 Å². The van der Waals surface area contributed by atoms with Gasteiger partial charge in [0.15, 0.2) is 0 Å². The van der Waals surface area contributed by atoms with Gasteiger partial charge in [-0.05, 0) is 39.3 Å². The highest BCUT2D eigenvalue weighted by Crippen LogP contribution is 2.43. The minimum atomic E-state index is -1.27. The molecule has 2 aliphatic rings. The summed E-state index contributed by atoms with van der Waals surface area (Å²) in [5.41, 5.74) is -0.0527. The normalized spacial score (nSPS) is 37.5. The van der Waals surface area contributed by atoms with Crippen LogP contribution in [0.5, 0.6) is 0 Å². The van der Waals surface area contributed by atoms with Crippen molar-refractivity contribution in [2.45, 2.75) is 104 Å². The lowest BCUT2D eigenvalue weighted by atomic mass is 9.74. The number of ketones is 1. The second kappa shape index (κ2) is 10.8. The van der Waals surface area contributed by atoms with E-state index in [-0.39, 0.29) is 18.3 Å². The van der Waals surface area contributed by atoms with E-state index in [2.05, 4.69) is 4.98 Å². The van der Waals surface area contributed by atoms with E-state index in [9.17, 15) is 19.8 Å². The van der Waals surface area contributed by atoms with Crippen molar-refractivity contribution in [2.24, 2.45) is 11.3 Å². The van der Waals surface area contributed by atoms with Crippen molar-refractivity contribution < 1.29 is 34.0 Å². The monoisotopic (exact) mass is 509 g/mol. The van der Waals surface area contributed by atoms with Crippen molar-refractivity contribution >= 4 is 29.2 Å². The smallest absolute Gasteiger partial charge is 0.309 e. The predicted molar refractivity (Wildman–Crippen MR) is 133 cm³/mol. The molecule has 0 unspecified atom stereocenters. The van der Waals surface area contributed by atoms with E-state index in [0.29, 0.717) is 19.4 Å². The van der Waals surface area contributed by atoms with Crippen LogP contribution in [0.3, 0.4) is 0 Å². The first kappa shape index (κ1) is 27.9. The molecule has 0 bridgehead atoms. The number of aliphatic hydroxyl groups is 2. The summed E-state index contributed by atoms with van der Waals surface area (Å²) in [7, 11) is 0. The third kappa shape index (κ3) is 6.57. The molecule has 2 aliphatic heterocycles. The van der Waals surface area contributed by atoms with Crippen LogP contribution in [0.2, 0.25) is 0 Å². The Kier molecular flexibility index (Phi) is 8.59. The maximum Gasteiger partial charge on any atom is 0.309 e. The Bertz CT molecular complexity index is 957. The van der Waals surface area contributed by atoms with E-state index in [1.54, 1.807) is 39.0 Å². The molecule has 2 N–H and O–H groups in total. The van der Waals surface area contributed by atoms with Crippen molar-refractivity contribution in [1.82, 2.24) is 4.98 Å². The van der Waals surface area contributed by atoms with Crippen LogP contribution in [0, 0.1) is 18.3 Å². The summed E-state index contributed by atoms with van der Waals surface area (Å²) in [5.74, 6) is -1.71. The quantitative estimate of drug-likeness (QED) is 0.460. The average molecular weight is 510 g/mol. The number of rotatable bonds is 2. The number of aryl methyl sites for hydroxylation is 1. The van der Waals surface area contributed by atoms with Gasteiger partial charge >= 0.3 is 5.97 Å². The first-order valence-electron chi connectivity index (χ1n) is 12.2. The molecular weight excluding hydrogens is 470 g/mol. The standard InChI is InChI=1S/C26H39NO7S/c1-14(10-18-13-35-17(4)27-18)19-11-21-26(7,34-21)8-9-32-16(3)23(30)15(2)24(31)25(5,6)20(28)12-22(29)33-19/h10,13,15-16,19-21,23,28,30H,8-9,11-12H2,1-7H3/b14-10+/t15-,16-,19+,20+,21+,23+,26-/m1/s1. The molecule has 0 aromatic carbocycles. The number of carbonyl (C=O) groups is 2. The number of fused-ring (bicyclic) bond motifs is 1. The Morgan fingerprint density at radius 3 is 2.54 bits per heavy atom. The third-order valence-electron chi connectivity index (χ3n) is 7.47. The zero-order valence-corrected chi connectivity index (χ0v) is 22.6. The number of aromatic nitrogens is 1. The van der Waals surface area contributed by atoms with Gasteiger partial charge in [0.1, 0.15) is 11.9 Å². The number of hydrogen-bond acceptors (Lipinski definition) is 9. The van der Waals surface area contributed by atoms with E-state index >= 15 is 0 Å². The van der Waals surface area contributed by atoms with E-state index in [0.717, 1.165) is 16.3 Å². The van der Waals surface area contributed by atoms with Gasteiger partial charge in [0, 0.05) is 30.7 Å². The van der Waals surface area contributed by atoms with Gasteiger partial charge in [-0.2, -0.15) is 0 Å². The molecule has 0 saturated carbocycles. The number of ether oxygens (including phenoxy) is 3. The Labute approximate surface area is 211 Å². The number of Topliss-reactive ketones (excluding diaryl/α,β-unsaturated/α-hetero) is 1. The highest BCUT2D eigenvalue weighted by molar-refractivity contribution is 7.09. The summed E-state index contributed by atoms with van der Waals surface area (Å²) >= 11 is 1.54. The largest absolute Gasteiger partial charge is 0.458 e. The summed E-state index contributed by atoms with van der Waals surface area (Å²) in [6.45, 7) is 12.7. The Balaban J connectivity index is 1.85. The van der Waals surface area contributed by atoms with E-state index < -0.39 is 47.3 Å². The number of esters is 1. The molecule has 9 heteroatoms. The van der Waals surface area contributed by atoms with Crippen LogP contribution >= 0.6 is 11.3 Å². The molecule has 0 amide bonds. The van der Waals surface area contributed by atoms with Gasteiger partial charge in [-0.25, -0.2) is 4.98 Å². The van der Waals surface area contributed by atoms with Crippen molar-refractivity contribution in [3.63, 3.8) is 0 Å². The van der Waals surface area contributed by atoms with Gasteiger partial charge in [-0.3, -0.25) is 9.59 Å². The Hall–Kier alpha value is -1.65. The molecule has 2 fully saturated rings. The van der Waals surface area contributed by atoms with Crippen molar-refractivity contribution in [1.29, 1.82) is 0 Å². The molecule has 3 rings (SSSR count). The number of thiazole rings is 1. The van der Waals surface area contributed by atoms with Gasteiger partial charge < -0.3 is 24.4 Å². The minimum Gasteiger partial charge on any atom is -0.458 e. The third-order valence-corrected chi connectivity index (χ3v) is 8.26. The first-order chi connectivity index (χ1) is 16.2. The summed E-state index contributed by atoms with van der Waals surface area (Å²) in [6, 6.07) is 0. The number of epoxide rings is 1. The predicted octanol–water partition coefficient (Wildman–Crippen LogP) is 3.47. The van der Waals surface area contributed by atoms with Crippen LogP contribution in [-0.2, 0) is 23.8 Å². The molecular formula is C26H39NO7S. The van der Waals surface area contributed by atoms with Crippen LogP contribution in [-0.4, -0.2) is 69.7 Å². The maximum atomic E-state index is 13.2. The topological polar surface area (TPSA) is 118 Å².